The normalized spacial score (nSPS) is 10.5. The lowest BCUT2D eigenvalue weighted by Crippen LogP contribution is -2.10. The zero-order chi connectivity index (χ0) is 16.2. The van der Waals surface area contributed by atoms with Gasteiger partial charge in [0.2, 0.25) is 5.43 Å². The first-order valence-corrected chi connectivity index (χ1v) is 7.60. The summed E-state index contributed by atoms with van der Waals surface area (Å²) in [6.07, 6.45) is 3.51. The van der Waals surface area contributed by atoms with Gasteiger partial charge in [0.1, 0.15) is 6.61 Å². The average Bonchev–Trinajstić information content (AvgIpc) is 2.57. The number of benzene rings is 2. The predicted octanol–water partition coefficient (Wildman–Crippen LogP) is 4.03. The van der Waals surface area contributed by atoms with Crippen molar-refractivity contribution < 1.29 is 4.74 Å². The Balaban J connectivity index is 1.87. The molecule has 0 aliphatic rings. The summed E-state index contributed by atoms with van der Waals surface area (Å²) in [5.41, 5.74) is 4.40. The Morgan fingerprint density at radius 2 is 1.74 bits per heavy atom. The van der Waals surface area contributed by atoms with Gasteiger partial charge in [-0.05, 0) is 42.7 Å². The van der Waals surface area contributed by atoms with Gasteiger partial charge >= 0.3 is 0 Å². The van der Waals surface area contributed by atoms with Crippen molar-refractivity contribution in [1.29, 1.82) is 0 Å². The zero-order valence-electron chi connectivity index (χ0n) is 13.3. The number of rotatable bonds is 4. The maximum Gasteiger partial charge on any atom is 0.223 e. The van der Waals surface area contributed by atoms with E-state index in [4.69, 9.17) is 4.74 Å². The van der Waals surface area contributed by atoms with Crippen molar-refractivity contribution in [3.63, 3.8) is 0 Å². The maximum absolute atomic E-state index is 12.0. The minimum Gasteiger partial charge on any atom is -0.483 e. The molecule has 0 bridgehead atoms. The average molecular weight is 305 g/mol. The second kappa shape index (κ2) is 6.53. The van der Waals surface area contributed by atoms with Crippen molar-refractivity contribution >= 4 is 0 Å². The first kappa shape index (κ1) is 15.1. The van der Waals surface area contributed by atoms with Crippen LogP contribution in [0, 0.1) is 13.8 Å². The fourth-order valence-corrected chi connectivity index (χ4v) is 2.35. The lowest BCUT2D eigenvalue weighted by molar-refractivity contribution is 0.301. The van der Waals surface area contributed by atoms with Crippen LogP contribution >= 0.6 is 0 Å². The molecule has 3 nitrogen and oxygen atoms in total. The van der Waals surface area contributed by atoms with Crippen molar-refractivity contribution in [1.82, 2.24) is 4.57 Å². The number of pyridine rings is 1. The van der Waals surface area contributed by atoms with E-state index >= 15 is 0 Å². The van der Waals surface area contributed by atoms with E-state index in [2.05, 4.69) is 26.0 Å². The van der Waals surface area contributed by atoms with Crippen LogP contribution in [0.25, 0.3) is 5.69 Å². The highest BCUT2D eigenvalue weighted by Crippen LogP contribution is 2.16. The summed E-state index contributed by atoms with van der Waals surface area (Å²) in [6.45, 7) is 4.54. The summed E-state index contributed by atoms with van der Waals surface area (Å²) in [5.74, 6) is 0.356. The molecule has 0 amide bonds. The predicted molar refractivity (Wildman–Crippen MR) is 92.3 cm³/mol. The summed E-state index contributed by atoms with van der Waals surface area (Å²) >= 11 is 0. The number of hydrogen-bond acceptors (Lipinski definition) is 2. The van der Waals surface area contributed by atoms with Gasteiger partial charge in [-0.1, -0.05) is 36.4 Å². The van der Waals surface area contributed by atoms with Gasteiger partial charge in [-0.3, -0.25) is 4.79 Å². The molecule has 3 aromatic rings. The fourth-order valence-electron chi connectivity index (χ4n) is 2.35. The number of hydrogen-bond donors (Lipinski definition) is 0. The molecule has 1 heterocycles. The molecule has 0 fully saturated rings. The Kier molecular flexibility index (Phi) is 4.29. The molecule has 0 saturated carbocycles. The van der Waals surface area contributed by atoms with E-state index in [0.717, 1.165) is 11.3 Å². The van der Waals surface area contributed by atoms with Crippen LogP contribution < -0.4 is 10.2 Å². The summed E-state index contributed by atoms with van der Waals surface area (Å²) in [7, 11) is 0. The summed E-state index contributed by atoms with van der Waals surface area (Å²) in [4.78, 5) is 12.0. The van der Waals surface area contributed by atoms with Crippen LogP contribution in [0.2, 0.25) is 0 Å². The van der Waals surface area contributed by atoms with Crippen molar-refractivity contribution in [3.05, 3.63) is 93.9 Å². The molecular weight excluding hydrogens is 286 g/mol. The molecule has 1 aromatic heterocycles. The van der Waals surface area contributed by atoms with E-state index in [9.17, 15) is 4.79 Å². The van der Waals surface area contributed by atoms with Gasteiger partial charge in [-0.15, -0.1) is 0 Å². The van der Waals surface area contributed by atoms with Gasteiger partial charge in [0.15, 0.2) is 5.75 Å². The van der Waals surface area contributed by atoms with Crippen LogP contribution in [0.4, 0.5) is 0 Å². The summed E-state index contributed by atoms with van der Waals surface area (Å²) in [5, 5.41) is 0. The van der Waals surface area contributed by atoms with Gasteiger partial charge in [-0.2, -0.15) is 0 Å². The SMILES string of the molecule is Cc1ccc(-n2ccc(=O)c(OCc3ccccc3)c2)cc1C. The number of aryl methyl sites for hydroxylation is 2. The van der Waals surface area contributed by atoms with Crippen LogP contribution in [0.1, 0.15) is 16.7 Å². The molecule has 0 radical (unpaired) electrons. The topological polar surface area (TPSA) is 31.2 Å². The third-order valence-electron chi connectivity index (χ3n) is 3.91. The molecule has 0 atom stereocenters. The van der Waals surface area contributed by atoms with Gasteiger partial charge in [0, 0.05) is 18.0 Å². The van der Waals surface area contributed by atoms with E-state index in [0.29, 0.717) is 12.4 Å². The third-order valence-corrected chi connectivity index (χ3v) is 3.91. The third kappa shape index (κ3) is 3.51. The van der Waals surface area contributed by atoms with E-state index < -0.39 is 0 Å². The second-order valence-corrected chi connectivity index (χ2v) is 5.62. The molecule has 0 saturated heterocycles. The first-order valence-electron chi connectivity index (χ1n) is 7.60. The highest BCUT2D eigenvalue weighted by molar-refractivity contribution is 5.40. The lowest BCUT2D eigenvalue weighted by atomic mass is 10.1. The Morgan fingerprint density at radius 3 is 2.48 bits per heavy atom. The highest BCUT2D eigenvalue weighted by atomic mass is 16.5. The molecule has 2 aromatic carbocycles. The summed E-state index contributed by atoms with van der Waals surface area (Å²) in [6, 6.07) is 17.6. The summed E-state index contributed by atoms with van der Waals surface area (Å²) < 4.78 is 7.62. The molecule has 0 aliphatic heterocycles. The number of ether oxygens (including phenoxy) is 1. The Bertz CT molecular complexity index is 866. The van der Waals surface area contributed by atoms with Crippen molar-refractivity contribution in [2.24, 2.45) is 0 Å². The molecule has 0 aliphatic carbocycles. The molecule has 3 rings (SSSR count). The van der Waals surface area contributed by atoms with Crippen LogP contribution in [0.3, 0.4) is 0 Å². The second-order valence-electron chi connectivity index (χ2n) is 5.62. The molecule has 0 N–H and O–H groups in total. The number of nitrogens with zero attached hydrogens (tertiary/aromatic N) is 1. The molecule has 3 heteroatoms. The molecule has 0 unspecified atom stereocenters. The first-order chi connectivity index (χ1) is 11.1. The maximum atomic E-state index is 12.0. The quantitative estimate of drug-likeness (QED) is 0.728. The monoisotopic (exact) mass is 305 g/mol. The zero-order valence-corrected chi connectivity index (χ0v) is 13.3. The van der Waals surface area contributed by atoms with E-state index in [1.54, 1.807) is 12.4 Å². The van der Waals surface area contributed by atoms with Gasteiger partial charge in [-0.25, -0.2) is 0 Å². The largest absolute Gasteiger partial charge is 0.483 e. The van der Waals surface area contributed by atoms with Crippen molar-refractivity contribution in [2.45, 2.75) is 20.5 Å². The lowest BCUT2D eigenvalue weighted by Gasteiger charge is -2.11. The van der Waals surface area contributed by atoms with E-state index in [1.165, 1.54) is 17.2 Å². The minimum atomic E-state index is -0.110. The smallest absolute Gasteiger partial charge is 0.223 e. The van der Waals surface area contributed by atoms with Crippen LogP contribution in [-0.2, 0) is 6.61 Å². The van der Waals surface area contributed by atoms with Crippen molar-refractivity contribution in [3.8, 4) is 11.4 Å². The molecule has 116 valence electrons. The molecular formula is C20H19NO2. The molecule has 0 spiro atoms. The van der Waals surface area contributed by atoms with Crippen molar-refractivity contribution in [2.75, 3.05) is 0 Å². The highest BCUT2D eigenvalue weighted by Gasteiger charge is 2.04. The van der Waals surface area contributed by atoms with E-state index in [-0.39, 0.29) is 5.43 Å². The van der Waals surface area contributed by atoms with Gasteiger partial charge in [0.05, 0.1) is 6.20 Å². The Morgan fingerprint density at radius 1 is 0.957 bits per heavy atom. The Hall–Kier alpha value is -2.81. The molecule has 23 heavy (non-hydrogen) atoms. The van der Waals surface area contributed by atoms with Crippen LogP contribution in [0.15, 0.2) is 71.8 Å². The van der Waals surface area contributed by atoms with Crippen LogP contribution in [-0.4, -0.2) is 4.57 Å². The van der Waals surface area contributed by atoms with E-state index in [1.807, 2.05) is 41.0 Å². The minimum absolute atomic E-state index is 0.110. The van der Waals surface area contributed by atoms with Crippen LogP contribution in [0.5, 0.6) is 5.75 Å². The Labute approximate surface area is 135 Å². The van der Waals surface area contributed by atoms with Gasteiger partial charge in [0.25, 0.3) is 0 Å². The standard InChI is InChI=1S/C20H19NO2/c1-15-8-9-18(12-16(15)2)21-11-10-19(22)20(13-21)23-14-17-6-4-3-5-7-17/h3-13H,14H2,1-2H3. The fraction of sp³-hybridized carbons (Fsp3) is 0.150. The van der Waals surface area contributed by atoms with Gasteiger partial charge < -0.3 is 9.30 Å². The number of aromatic nitrogens is 1.